The van der Waals surface area contributed by atoms with E-state index in [-0.39, 0.29) is 5.76 Å². The van der Waals surface area contributed by atoms with Crippen molar-refractivity contribution in [3.8, 4) is 0 Å². The fourth-order valence-corrected chi connectivity index (χ4v) is 3.40. The van der Waals surface area contributed by atoms with E-state index in [0.29, 0.717) is 27.4 Å². The number of thioether (sulfide) groups is 1. The lowest BCUT2D eigenvalue weighted by Crippen LogP contribution is -2.20. The van der Waals surface area contributed by atoms with E-state index in [2.05, 4.69) is 20.2 Å². The number of aromatic nitrogens is 1. The number of aliphatic hydroxyl groups is 1. The summed E-state index contributed by atoms with van der Waals surface area (Å²) in [5.74, 6) is -0.0414. The number of nitrogens with zero attached hydrogens (tertiary/aromatic N) is 5. The van der Waals surface area contributed by atoms with Crippen molar-refractivity contribution in [3.63, 3.8) is 0 Å². The van der Waals surface area contributed by atoms with Gasteiger partial charge < -0.3 is 10.0 Å². The number of hydrogen-bond acceptors (Lipinski definition) is 7. The number of azo groups is 1. The van der Waals surface area contributed by atoms with Crippen molar-refractivity contribution in [1.82, 2.24) is 9.88 Å². The summed E-state index contributed by atoms with van der Waals surface area (Å²) in [6, 6.07) is 12.4. The van der Waals surface area contributed by atoms with E-state index in [1.807, 2.05) is 30.3 Å². The lowest BCUT2D eigenvalue weighted by molar-refractivity contribution is 0.0994. The highest BCUT2D eigenvalue weighted by Gasteiger charge is 2.26. The van der Waals surface area contributed by atoms with Crippen molar-refractivity contribution in [2.45, 2.75) is 0 Å². The average Bonchev–Trinajstić information content (AvgIpc) is 3.20. The standard InChI is InChI=1S/C22H15N5O3S/c28-19(15-5-2-1-3-6-15)16-8-11-27(12-9-16)20-18(31-22(30)25-20)14-24-26-21(29)17-7-4-10-23-13-17/h1-14,28H. The van der Waals surface area contributed by atoms with Crippen molar-refractivity contribution in [2.24, 2.45) is 15.2 Å². The maximum Gasteiger partial charge on any atom is 0.311 e. The summed E-state index contributed by atoms with van der Waals surface area (Å²) in [5, 5.41) is 17.5. The Kier molecular flexibility index (Phi) is 5.95. The van der Waals surface area contributed by atoms with Gasteiger partial charge in [0.1, 0.15) is 5.76 Å². The van der Waals surface area contributed by atoms with E-state index < -0.39 is 11.1 Å². The molecule has 0 saturated heterocycles. The zero-order valence-corrected chi connectivity index (χ0v) is 16.8. The molecule has 2 amide bonds. The molecule has 2 aliphatic rings. The number of aliphatic hydroxyl groups excluding tert-OH is 1. The van der Waals surface area contributed by atoms with Gasteiger partial charge in [-0.3, -0.25) is 14.6 Å². The summed E-state index contributed by atoms with van der Waals surface area (Å²) in [6.45, 7) is 0. The maximum absolute atomic E-state index is 12.0. The molecule has 31 heavy (non-hydrogen) atoms. The first-order valence-corrected chi connectivity index (χ1v) is 9.93. The van der Waals surface area contributed by atoms with Gasteiger partial charge >= 0.3 is 5.24 Å². The second-order valence-electron chi connectivity index (χ2n) is 6.27. The lowest BCUT2D eigenvalue weighted by atomic mass is 10.1. The van der Waals surface area contributed by atoms with E-state index in [4.69, 9.17) is 0 Å². The van der Waals surface area contributed by atoms with Crippen LogP contribution in [-0.2, 0) is 0 Å². The van der Waals surface area contributed by atoms with Crippen LogP contribution in [0.15, 0.2) is 111 Å². The highest BCUT2D eigenvalue weighted by atomic mass is 32.2. The van der Waals surface area contributed by atoms with E-state index in [1.165, 1.54) is 12.4 Å². The maximum atomic E-state index is 12.0. The van der Waals surface area contributed by atoms with Crippen LogP contribution in [0.2, 0.25) is 0 Å². The van der Waals surface area contributed by atoms with Crippen molar-refractivity contribution in [1.29, 1.82) is 0 Å². The van der Waals surface area contributed by atoms with E-state index >= 15 is 0 Å². The largest absolute Gasteiger partial charge is 0.507 e. The molecule has 2 aliphatic heterocycles. The quantitative estimate of drug-likeness (QED) is 0.538. The third kappa shape index (κ3) is 4.73. The van der Waals surface area contributed by atoms with Crippen molar-refractivity contribution >= 4 is 34.5 Å². The number of amidine groups is 1. The predicted molar refractivity (Wildman–Crippen MR) is 118 cm³/mol. The Balaban J connectivity index is 1.50. The van der Waals surface area contributed by atoms with Gasteiger partial charge in [0.25, 0.3) is 5.91 Å². The fourth-order valence-electron chi connectivity index (χ4n) is 2.74. The summed E-state index contributed by atoms with van der Waals surface area (Å²) in [6.07, 6.45) is 11.0. The highest BCUT2D eigenvalue weighted by molar-refractivity contribution is 8.18. The zero-order chi connectivity index (χ0) is 21.6. The van der Waals surface area contributed by atoms with Crippen LogP contribution < -0.4 is 0 Å². The molecule has 0 saturated carbocycles. The van der Waals surface area contributed by atoms with Crippen molar-refractivity contribution in [2.75, 3.05) is 0 Å². The summed E-state index contributed by atoms with van der Waals surface area (Å²) >= 11 is 0.889. The molecule has 3 heterocycles. The molecule has 0 bridgehead atoms. The Bertz CT molecular complexity index is 1180. The van der Waals surface area contributed by atoms with Crippen LogP contribution in [0.4, 0.5) is 4.79 Å². The molecule has 0 atom stereocenters. The van der Waals surface area contributed by atoms with Crippen LogP contribution in [0.25, 0.3) is 5.76 Å². The molecule has 4 rings (SSSR count). The molecule has 2 aromatic rings. The van der Waals surface area contributed by atoms with E-state index in [1.54, 1.807) is 47.8 Å². The highest BCUT2D eigenvalue weighted by Crippen LogP contribution is 2.31. The first kappa shape index (κ1) is 20.2. The van der Waals surface area contributed by atoms with Crippen LogP contribution in [0.5, 0.6) is 0 Å². The summed E-state index contributed by atoms with van der Waals surface area (Å²) in [5.41, 5.74) is 1.63. The number of amides is 2. The molecule has 0 unspecified atom stereocenters. The molecule has 8 nitrogen and oxygen atoms in total. The topological polar surface area (TPSA) is 108 Å². The minimum atomic E-state index is -0.540. The van der Waals surface area contributed by atoms with E-state index in [9.17, 15) is 14.7 Å². The van der Waals surface area contributed by atoms with Crippen LogP contribution in [0, 0.1) is 0 Å². The molecule has 1 aromatic carbocycles. The average molecular weight is 429 g/mol. The first-order valence-electron chi connectivity index (χ1n) is 9.11. The number of benzene rings is 1. The summed E-state index contributed by atoms with van der Waals surface area (Å²) in [4.78, 5) is 33.8. The number of carbonyl (C=O) groups excluding carboxylic acids is 2. The van der Waals surface area contributed by atoms with Gasteiger partial charge in [0.05, 0.1) is 16.7 Å². The molecule has 0 radical (unpaired) electrons. The van der Waals surface area contributed by atoms with Gasteiger partial charge in [0.2, 0.25) is 0 Å². The smallest absolute Gasteiger partial charge is 0.311 e. The summed E-state index contributed by atoms with van der Waals surface area (Å²) < 4.78 is 0. The summed E-state index contributed by atoms with van der Waals surface area (Å²) in [7, 11) is 0. The van der Waals surface area contributed by atoms with Crippen molar-refractivity contribution < 1.29 is 14.7 Å². The molecule has 152 valence electrons. The minimum Gasteiger partial charge on any atom is -0.507 e. The van der Waals surface area contributed by atoms with Gasteiger partial charge in [-0.05, 0) is 36.0 Å². The monoisotopic (exact) mass is 429 g/mol. The predicted octanol–water partition coefficient (Wildman–Crippen LogP) is 5.09. The number of rotatable bonds is 3. The molecule has 0 aliphatic carbocycles. The number of aliphatic imine (C=N–C) groups is 1. The molecule has 9 heteroatoms. The third-order valence-corrected chi connectivity index (χ3v) is 5.02. The number of pyridine rings is 1. The van der Waals surface area contributed by atoms with Gasteiger partial charge in [-0.15, -0.1) is 5.11 Å². The van der Waals surface area contributed by atoms with Crippen molar-refractivity contribution in [3.05, 3.63) is 107 Å². The first-order chi connectivity index (χ1) is 15.1. The molecule has 0 fully saturated rings. The minimum absolute atomic E-state index is 0.144. The Morgan fingerprint density at radius 3 is 2.52 bits per heavy atom. The van der Waals surface area contributed by atoms with E-state index in [0.717, 1.165) is 11.8 Å². The van der Waals surface area contributed by atoms with Crippen LogP contribution >= 0.6 is 11.8 Å². The van der Waals surface area contributed by atoms with Gasteiger partial charge in [0, 0.05) is 35.9 Å². The van der Waals surface area contributed by atoms with Gasteiger partial charge in [-0.2, -0.15) is 10.1 Å². The second kappa shape index (κ2) is 9.14. The van der Waals surface area contributed by atoms with Gasteiger partial charge in [-0.1, -0.05) is 30.3 Å². The zero-order valence-electron chi connectivity index (χ0n) is 16.0. The van der Waals surface area contributed by atoms with Gasteiger partial charge in [-0.25, -0.2) is 0 Å². The molecule has 1 N–H and O–H groups in total. The molecule has 0 spiro atoms. The van der Waals surface area contributed by atoms with Crippen LogP contribution in [0.3, 0.4) is 0 Å². The Hall–Kier alpha value is -4.11. The Morgan fingerprint density at radius 1 is 1.06 bits per heavy atom. The Labute approximate surface area is 181 Å². The molecular weight excluding hydrogens is 414 g/mol. The Morgan fingerprint density at radius 2 is 1.81 bits per heavy atom. The molecular formula is C22H15N5O3S. The molecule has 1 aromatic heterocycles. The number of allylic oxidation sites excluding steroid dienone is 3. The number of hydrogen-bond donors (Lipinski definition) is 1. The van der Waals surface area contributed by atoms with Crippen LogP contribution in [-0.4, -0.2) is 32.0 Å². The van der Waals surface area contributed by atoms with Crippen LogP contribution in [0.1, 0.15) is 15.9 Å². The third-order valence-electron chi connectivity index (χ3n) is 4.24. The lowest BCUT2D eigenvalue weighted by Gasteiger charge is -2.19. The van der Waals surface area contributed by atoms with Gasteiger partial charge in [0.15, 0.2) is 5.84 Å². The SMILES string of the molecule is O=C1N=C(N2C=CC(=C(O)c3ccccc3)C=C2)C(=CN=NC(=O)c2cccnc2)S1. The second-order valence-corrected chi connectivity index (χ2v) is 7.26. The normalized spacial score (nSPS) is 17.0. The fraction of sp³-hybridized carbons (Fsp3) is 0. The number of carbonyl (C=O) groups is 2.